The number of aromatic amines is 1. The highest BCUT2D eigenvalue weighted by Gasteiger charge is 2.14. The molecule has 0 unspecified atom stereocenters. The molecule has 0 amide bonds. The van der Waals surface area contributed by atoms with Crippen molar-refractivity contribution in [3.8, 4) is 0 Å². The molecule has 0 bridgehead atoms. The summed E-state index contributed by atoms with van der Waals surface area (Å²) in [4.78, 5) is 3.50. The Morgan fingerprint density at radius 1 is 1.33 bits per heavy atom. The zero-order chi connectivity index (χ0) is 10.3. The number of fused-ring (bicyclic) bond motifs is 3. The predicted molar refractivity (Wildman–Crippen MR) is 63.1 cm³/mol. The molecule has 1 aromatic carbocycles. The summed E-state index contributed by atoms with van der Waals surface area (Å²) < 4.78 is 0. The lowest BCUT2D eigenvalue weighted by Crippen LogP contribution is -2.22. The van der Waals surface area contributed by atoms with Crippen molar-refractivity contribution in [1.29, 1.82) is 0 Å². The molecule has 0 radical (unpaired) electrons. The summed E-state index contributed by atoms with van der Waals surface area (Å²) in [5, 5.41) is 4.84. The fourth-order valence-corrected chi connectivity index (χ4v) is 2.43. The first kappa shape index (κ1) is 8.98. The zero-order valence-electron chi connectivity index (χ0n) is 9.06. The minimum absolute atomic E-state index is 0.992. The van der Waals surface area contributed by atoms with E-state index in [-0.39, 0.29) is 0 Å². The fourth-order valence-electron chi connectivity index (χ4n) is 2.43. The quantitative estimate of drug-likeness (QED) is 0.726. The summed E-state index contributed by atoms with van der Waals surface area (Å²) >= 11 is 0. The van der Waals surface area contributed by atoms with Gasteiger partial charge in [0.25, 0.3) is 0 Å². The van der Waals surface area contributed by atoms with Gasteiger partial charge in [-0.05, 0) is 42.6 Å². The van der Waals surface area contributed by atoms with Gasteiger partial charge in [-0.1, -0.05) is 13.0 Å². The van der Waals surface area contributed by atoms with Crippen LogP contribution in [-0.2, 0) is 19.4 Å². The van der Waals surface area contributed by atoms with Crippen LogP contribution in [0.4, 0.5) is 0 Å². The highest BCUT2D eigenvalue weighted by molar-refractivity contribution is 5.85. The highest BCUT2D eigenvalue weighted by Crippen LogP contribution is 2.26. The lowest BCUT2D eigenvalue weighted by atomic mass is 10.0. The van der Waals surface area contributed by atoms with E-state index in [9.17, 15) is 0 Å². The number of aryl methyl sites for hydroxylation is 1. The average Bonchev–Trinajstić information content (AvgIpc) is 2.66. The first-order chi connectivity index (χ1) is 7.38. The van der Waals surface area contributed by atoms with E-state index in [4.69, 9.17) is 0 Å². The number of H-pyrrole nitrogens is 1. The molecular formula is C13H16N2. The fraction of sp³-hybridized carbons (Fsp3) is 0.385. The smallest absolute Gasteiger partial charge is 0.0459 e. The molecule has 15 heavy (non-hydrogen) atoms. The van der Waals surface area contributed by atoms with Crippen LogP contribution < -0.4 is 5.32 Å². The van der Waals surface area contributed by atoms with E-state index in [2.05, 4.69) is 35.4 Å². The summed E-state index contributed by atoms with van der Waals surface area (Å²) in [5.74, 6) is 0. The van der Waals surface area contributed by atoms with Crippen molar-refractivity contribution in [2.75, 3.05) is 6.54 Å². The van der Waals surface area contributed by atoms with E-state index in [0.29, 0.717) is 0 Å². The maximum atomic E-state index is 3.50. The summed E-state index contributed by atoms with van der Waals surface area (Å²) in [7, 11) is 0. The van der Waals surface area contributed by atoms with E-state index in [1.54, 1.807) is 0 Å². The van der Waals surface area contributed by atoms with Gasteiger partial charge in [-0.3, -0.25) is 0 Å². The topological polar surface area (TPSA) is 27.8 Å². The van der Waals surface area contributed by atoms with Crippen LogP contribution in [-0.4, -0.2) is 11.5 Å². The Bertz CT molecular complexity index is 496. The Hall–Kier alpha value is -1.28. The van der Waals surface area contributed by atoms with E-state index in [1.807, 2.05) is 0 Å². The van der Waals surface area contributed by atoms with Gasteiger partial charge in [0.1, 0.15) is 0 Å². The van der Waals surface area contributed by atoms with Gasteiger partial charge in [0.05, 0.1) is 0 Å². The van der Waals surface area contributed by atoms with Crippen LogP contribution in [0.15, 0.2) is 18.2 Å². The molecule has 0 spiro atoms. The van der Waals surface area contributed by atoms with E-state index in [1.165, 1.54) is 27.7 Å². The Kier molecular flexibility index (Phi) is 2.03. The minimum Gasteiger partial charge on any atom is -0.357 e. The lowest BCUT2D eigenvalue weighted by Gasteiger charge is -2.12. The molecule has 1 aromatic heterocycles. The zero-order valence-corrected chi connectivity index (χ0v) is 9.06. The monoisotopic (exact) mass is 200 g/mol. The number of hydrogen-bond acceptors (Lipinski definition) is 1. The first-order valence-electron chi connectivity index (χ1n) is 5.71. The van der Waals surface area contributed by atoms with Crippen molar-refractivity contribution >= 4 is 10.9 Å². The first-order valence-corrected chi connectivity index (χ1v) is 5.71. The van der Waals surface area contributed by atoms with Crippen molar-refractivity contribution < 1.29 is 0 Å². The molecule has 1 aliphatic rings. The Morgan fingerprint density at radius 3 is 3.13 bits per heavy atom. The van der Waals surface area contributed by atoms with Crippen molar-refractivity contribution in [3.63, 3.8) is 0 Å². The lowest BCUT2D eigenvalue weighted by molar-refractivity contribution is 0.637. The van der Waals surface area contributed by atoms with Crippen LogP contribution >= 0.6 is 0 Å². The van der Waals surface area contributed by atoms with Crippen LogP contribution in [0.3, 0.4) is 0 Å². The van der Waals surface area contributed by atoms with Gasteiger partial charge in [0, 0.05) is 23.1 Å². The van der Waals surface area contributed by atoms with Gasteiger partial charge >= 0.3 is 0 Å². The third kappa shape index (κ3) is 1.37. The standard InChI is InChI=1S/C13H16N2/c1-2-9-3-4-12-11(7-9)10-5-6-14-8-13(10)15-12/h3-4,7,14-15H,2,5-6,8H2,1H3. The van der Waals surface area contributed by atoms with Crippen LogP contribution in [0.5, 0.6) is 0 Å². The summed E-state index contributed by atoms with van der Waals surface area (Å²) in [5.41, 5.74) is 5.63. The maximum Gasteiger partial charge on any atom is 0.0459 e. The maximum absolute atomic E-state index is 3.50. The van der Waals surface area contributed by atoms with E-state index >= 15 is 0 Å². The molecule has 1 aliphatic heterocycles. The highest BCUT2D eigenvalue weighted by atomic mass is 14.9. The van der Waals surface area contributed by atoms with Gasteiger partial charge in [-0.15, -0.1) is 0 Å². The third-order valence-electron chi connectivity index (χ3n) is 3.32. The normalized spacial score (nSPS) is 15.5. The summed E-state index contributed by atoms with van der Waals surface area (Å²) in [6, 6.07) is 6.78. The van der Waals surface area contributed by atoms with Crippen molar-refractivity contribution in [2.45, 2.75) is 26.3 Å². The summed E-state index contributed by atoms with van der Waals surface area (Å²) in [6.45, 7) is 4.31. The van der Waals surface area contributed by atoms with Crippen molar-refractivity contribution in [3.05, 3.63) is 35.0 Å². The number of benzene rings is 1. The van der Waals surface area contributed by atoms with Gasteiger partial charge in [-0.2, -0.15) is 0 Å². The summed E-state index contributed by atoms with van der Waals surface area (Å²) in [6.07, 6.45) is 2.27. The Morgan fingerprint density at radius 2 is 2.27 bits per heavy atom. The molecule has 0 fully saturated rings. The SMILES string of the molecule is CCc1ccc2[nH]c3c(c2c1)CCNC3. The van der Waals surface area contributed by atoms with Gasteiger partial charge in [-0.25, -0.2) is 0 Å². The second-order valence-corrected chi connectivity index (χ2v) is 4.24. The average molecular weight is 200 g/mol. The van der Waals surface area contributed by atoms with Crippen LogP contribution in [0.25, 0.3) is 10.9 Å². The minimum atomic E-state index is 0.992. The number of nitrogens with one attached hydrogen (secondary N) is 2. The van der Waals surface area contributed by atoms with Crippen LogP contribution in [0, 0.1) is 0 Å². The molecule has 2 heterocycles. The molecule has 0 saturated heterocycles. The Balaban J connectivity index is 2.24. The second-order valence-electron chi connectivity index (χ2n) is 4.24. The molecule has 0 aliphatic carbocycles. The van der Waals surface area contributed by atoms with Crippen LogP contribution in [0.1, 0.15) is 23.7 Å². The molecule has 2 heteroatoms. The van der Waals surface area contributed by atoms with Gasteiger partial charge < -0.3 is 10.3 Å². The molecule has 2 nitrogen and oxygen atoms in total. The van der Waals surface area contributed by atoms with Crippen LogP contribution in [0.2, 0.25) is 0 Å². The molecule has 78 valence electrons. The van der Waals surface area contributed by atoms with Gasteiger partial charge in [0.2, 0.25) is 0 Å². The van der Waals surface area contributed by atoms with Crippen molar-refractivity contribution in [1.82, 2.24) is 10.3 Å². The number of hydrogen-bond donors (Lipinski definition) is 2. The molecule has 2 aromatic rings. The number of aromatic nitrogens is 1. The number of rotatable bonds is 1. The Labute approximate surface area is 89.7 Å². The van der Waals surface area contributed by atoms with E-state index in [0.717, 1.165) is 25.9 Å². The van der Waals surface area contributed by atoms with E-state index < -0.39 is 0 Å². The second kappa shape index (κ2) is 3.38. The third-order valence-corrected chi connectivity index (χ3v) is 3.32. The predicted octanol–water partition coefficient (Wildman–Crippen LogP) is 2.38. The van der Waals surface area contributed by atoms with Gasteiger partial charge in [0.15, 0.2) is 0 Å². The molecular weight excluding hydrogens is 184 g/mol. The molecule has 0 saturated carbocycles. The molecule has 3 rings (SSSR count). The van der Waals surface area contributed by atoms with Crippen molar-refractivity contribution in [2.24, 2.45) is 0 Å². The molecule has 2 N–H and O–H groups in total. The molecule has 0 atom stereocenters. The largest absolute Gasteiger partial charge is 0.357 e.